The zero-order valence-electron chi connectivity index (χ0n) is 12.6. The van der Waals surface area contributed by atoms with Gasteiger partial charge in [-0.2, -0.15) is 0 Å². The number of halogens is 2. The second kappa shape index (κ2) is 7.81. The van der Waals surface area contributed by atoms with Gasteiger partial charge in [-0.3, -0.25) is 0 Å². The van der Waals surface area contributed by atoms with Crippen LogP contribution in [-0.4, -0.2) is 42.8 Å². The number of ether oxygens (including phenoxy) is 1. The van der Waals surface area contributed by atoms with Crippen LogP contribution >= 0.6 is 23.2 Å². The van der Waals surface area contributed by atoms with Gasteiger partial charge in [0.15, 0.2) is 0 Å². The van der Waals surface area contributed by atoms with Crippen molar-refractivity contribution in [3.05, 3.63) is 46.2 Å². The molecule has 0 amide bonds. The van der Waals surface area contributed by atoms with Crippen molar-refractivity contribution in [2.45, 2.75) is 6.42 Å². The molecule has 0 atom stereocenters. The lowest BCUT2D eigenvalue weighted by Gasteiger charge is -2.27. The summed E-state index contributed by atoms with van der Waals surface area (Å²) in [5.74, 6) is 1.74. The molecule has 0 unspecified atom stereocenters. The predicted molar refractivity (Wildman–Crippen MR) is 93.7 cm³/mol. The summed E-state index contributed by atoms with van der Waals surface area (Å²) in [6.45, 7) is 3.94. The van der Waals surface area contributed by atoms with Gasteiger partial charge in [-0.05, 0) is 30.2 Å². The zero-order chi connectivity index (χ0) is 16.1. The third-order valence-corrected chi connectivity index (χ3v) is 4.07. The van der Waals surface area contributed by atoms with Crippen LogP contribution in [0.2, 0.25) is 10.0 Å². The first-order valence-electron chi connectivity index (χ1n) is 7.54. The van der Waals surface area contributed by atoms with Crippen LogP contribution in [0.15, 0.2) is 30.6 Å². The predicted octanol–water partition coefficient (Wildman–Crippen LogP) is 3.27. The molecule has 1 fully saturated rings. The largest absolute Gasteiger partial charge is 0.378 e. The fourth-order valence-electron chi connectivity index (χ4n) is 2.50. The van der Waals surface area contributed by atoms with E-state index in [2.05, 4.69) is 20.2 Å². The molecule has 1 aliphatic rings. The quantitative estimate of drug-likeness (QED) is 0.894. The van der Waals surface area contributed by atoms with Crippen LogP contribution in [0.25, 0.3) is 0 Å². The van der Waals surface area contributed by atoms with Crippen molar-refractivity contribution in [3.63, 3.8) is 0 Å². The highest BCUT2D eigenvalue weighted by molar-refractivity contribution is 6.34. The minimum absolute atomic E-state index is 0.657. The Labute approximate surface area is 145 Å². The summed E-state index contributed by atoms with van der Waals surface area (Å²) in [7, 11) is 0. The molecule has 0 radical (unpaired) electrons. The third-order valence-electron chi connectivity index (χ3n) is 3.63. The monoisotopic (exact) mass is 352 g/mol. The topological polar surface area (TPSA) is 50.3 Å². The van der Waals surface area contributed by atoms with Gasteiger partial charge in [0, 0.05) is 35.7 Å². The van der Waals surface area contributed by atoms with E-state index in [1.165, 1.54) is 0 Å². The molecule has 1 saturated heterocycles. The Hall–Kier alpha value is -1.56. The van der Waals surface area contributed by atoms with Gasteiger partial charge in [0.05, 0.1) is 13.2 Å². The van der Waals surface area contributed by atoms with E-state index in [-0.39, 0.29) is 0 Å². The van der Waals surface area contributed by atoms with Crippen LogP contribution in [0.4, 0.5) is 11.6 Å². The van der Waals surface area contributed by atoms with Crippen molar-refractivity contribution in [2.24, 2.45) is 0 Å². The highest BCUT2D eigenvalue weighted by atomic mass is 35.5. The van der Waals surface area contributed by atoms with Crippen molar-refractivity contribution in [2.75, 3.05) is 43.1 Å². The maximum absolute atomic E-state index is 6.01. The summed E-state index contributed by atoms with van der Waals surface area (Å²) < 4.78 is 5.36. The molecule has 7 heteroatoms. The minimum Gasteiger partial charge on any atom is -0.378 e. The molecule has 122 valence electrons. The molecule has 0 saturated carbocycles. The van der Waals surface area contributed by atoms with E-state index in [0.29, 0.717) is 10.0 Å². The van der Waals surface area contributed by atoms with Gasteiger partial charge in [0.1, 0.15) is 18.0 Å². The summed E-state index contributed by atoms with van der Waals surface area (Å²) >= 11 is 12.0. The normalized spacial score (nSPS) is 14.8. The van der Waals surface area contributed by atoms with Gasteiger partial charge < -0.3 is 15.0 Å². The second-order valence-corrected chi connectivity index (χ2v) is 6.19. The summed E-state index contributed by atoms with van der Waals surface area (Å²) in [4.78, 5) is 10.8. The van der Waals surface area contributed by atoms with Gasteiger partial charge in [-0.1, -0.05) is 23.2 Å². The van der Waals surface area contributed by atoms with Crippen LogP contribution in [0.1, 0.15) is 5.56 Å². The molecule has 0 spiro atoms. The van der Waals surface area contributed by atoms with E-state index in [1.807, 2.05) is 18.2 Å². The highest BCUT2D eigenvalue weighted by Gasteiger charge is 2.12. The molecule has 1 aromatic carbocycles. The van der Waals surface area contributed by atoms with Gasteiger partial charge in [0.25, 0.3) is 0 Å². The summed E-state index contributed by atoms with van der Waals surface area (Å²) in [6, 6.07) is 7.55. The van der Waals surface area contributed by atoms with Crippen molar-refractivity contribution in [3.8, 4) is 0 Å². The average Bonchev–Trinajstić information content (AvgIpc) is 2.55. The number of aromatic nitrogens is 2. The van der Waals surface area contributed by atoms with Crippen LogP contribution in [-0.2, 0) is 11.2 Å². The molecule has 1 aromatic heterocycles. The van der Waals surface area contributed by atoms with Gasteiger partial charge in [0.2, 0.25) is 0 Å². The standard InChI is InChI=1S/C16H18Cl2N4O/c17-13-7-12(8-14(18)9-13)1-2-19-15-10-16(21-11-20-15)22-3-5-23-6-4-22/h7-11H,1-6H2,(H,19,20,21). The van der Waals surface area contributed by atoms with E-state index in [9.17, 15) is 0 Å². The summed E-state index contributed by atoms with van der Waals surface area (Å²) in [5.41, 5.74) is 1.09. The van der Waals surface area contributed by atoms with E-state index in [4.69, 9.17) is 27.9 Å². The number of benzene rings is 1. The molecule has 2 heterocycles. The SMILES string of the molecule is Clc1cc(Cl)cc(CCNc2cc(N3CCOCC3)ncn2)c1. The van der Waals surface area contributed by atoms with E-state index < -0.39 is 0 Å². The Kier molecular flexibility index (Phi) is 5.54. The fourth-order valence-corrected chi connectivity index (χ4v) is 3.07. The maximum Gasteiger partial charge on any atom is 0.134 e. The van der Waals surface area contributed by atoms with Crippen LogP contribution in [0.3, 0.4) is 0 Å². The highest BCUT2D eigenvalue weighted by Crippen LogP contribution is 2.20. The Balaban J connectivity index is 1.57. The Morgan fingerprint density at radius 2 is 1.78 bits per heavy atom. The average molecular weight is 353 g/mol. The fraction of sp³-hybridized carbons (Fsp3) is 0.375. The number of nitrogens with one attached hydrogen (secondary N) is 1. The lowest BCUT2D eigenvalue weighted by atomic mass is 10.1. The van der Waals surface area contributed by atoms with Crippen molar-refractivity contribution in [1.29, 1.82) is 0 Å². The first-order valence-corrected chi connectivity index (χ1v) is 8.30. The van der Waals surface area contributed by atoms with Gasteiger partial charge in [-0.25, -0.2) is 9.97 Å². The minimum atomic E-state index is 0.657. The first kappa shape index (κ1) is 16.3. The van der Waals surface area contributed by atoms with Crippen molar-refractivity contribution >= 4 is 34.8 Å². The number of hydrogen-bond acceptors (Lipinski definition) is 5. The van der Waals surface area contributed by atoms with Crippen LogP contribution in [0.5, 0.6) is 0 Å². The Morgan fingerprint density at radius 3 is 2.52 bits per heavy atom. The number of nitrogens with zero attached hydrogens (tertiary/aromatic N) is 3. The molecule has 3 rings (SSSR count). The second-order valence-electron chi connectivity index (χ2n) is 5.32. The number of anilines is 2. The van der Waals surface area contributed by atoms with E-state index >= 15 is 0 Å². The zero-order valence-corrected chi connectivity index (χ0v) is 14.1. The molecule has 1 N–H and O–H groups in total. The number of hydrogen-bond donors (Lipinski definition) is 1. The van der Waals surface area contributed by atoms with Gasteiger partial charge in [-0.15, -0.1) is 0 Å². The molecule has 5 nitrogen and oxygen atoms in total. The van der Waals surface area contributed by atoms with Crippen LogP contribution in [0, 0.1) is 0 Å². The first-order chi connectivity index (χ1) is 11.2. The molecule has 1 aliphatic heterocycles. The molecule has 2 aromatic rings. The molecule has 0 bridgehead atoms. The van der Waals surface area contributed by atoms with E-state index in [1.54, 1.807) is 12.4 Å². The lowest BCUT2D eigenvalue weighted by Crippen LogP contribution is -2.36. The smallest absolute Gasteiger partial charge is 0.134 e. The maximum atomic E-state index is 6.01. The van der Waals surface area contributed by atoms with E-state index in [0.717, 1.165) is 56.5 Å². The molecule has 23 heavy (non-hydrogen) atoms. The third kappa shape index (κ3) is 4.70. The summed E-state index contributed by atoms with van der Waals surface area (Å²) in [5, 5.41) is 4.63. The molecular weight excluding hydrogens is 335 g/mol. The Bertz CT molecular complexity index is 642. The lowest BCUT2D eigenvalue weighted by molar-refractivity contribution is 0.122. The van der Waals surface area contributed by atoms with Crippen molar-refractivity contribution in [1.82, 2.24) is 9.97 Å². The van der Waals surface area contributed by atoms with Crippen LogP contribution < -0.4 is 10.2 Å². The Morgan fingerprint density at radius 1 is 1.04 bits per heavy atom. The number of morpholine rings is 1. The number of rotatable bonds is 5. The summed E-state index contributed by atoms with van der Waals surface area (Å²) in [6.07, 6.45) is 2.40. The van der Waals surface area contributed by atoms with Gasteiger partial charge >= 0.3 is 0 Å². The molecular formula is C16H18Cl2N4O. The molecule has 0 aliphatic carbocycles. The van der Waals surface area contributed by atoms with Crippen molar-refractivity contribution < 1.29 is 4.74 Å².